The fraction of sp³-hybridized carbons (Fsp3) is 0.333. The van der Waals surface area contributed by atoms with Gasteiger partial charge in [-0.1, -0.05) is 30.3 Å². The first-order chi connectivity index (χ1) is 16.0. The normalized spacial score (nSPS) is 15.8. The lowest BCUT2D eigenvalue weighted by molar-refractivity contribution is -0.127. The average molecular weight is 449 g/mol. The highest BCUT2D eigenvalue weighted by Crippen LogP contribution is 2.16. The second kappa shape index (κ2) is 10.4. The number of aliphatic hydroxyl groups is 1. The van der Waals surface area contributed by atoms with Gasteiger partial charge in [0.15, 0.2) is 11.9 Å². The van der Waals surface area contributed by atoms with E-state index >= 15 is 0 Å². The first-order valence-corrected chi connectivity index (χ1v) is 11.1. The number of nitrogens with zero attached hydrogens (tertiary/aromatic N) is 4. The zero-order valence-corrected chi connectivity index (χ0v) is 18.3. The molecule has 3 heterocycles. The number of amides is 2. The molecule has 2 aromatic heterocycles. The topological polar surface area (TPSA) is 126 Å². The smallest absolute Gasteiger partial charge is 0.255 e. The van der Waals surface area contributed by atoms with Crippen molar-refractivity contribution in [2.24, 2.45) is 5.73 Å². The van der Waals surface area contributed by atoms with Gasteiger partial charge in [0.05, 0.1) is 17.3 Å². The molecule has 2 atom stereocenters. The molecule has 0 aliphatic carbocycles. The maximum Gasteiger partial charge on any atom is 0.255 e. The average Bonchev–Trinajstić information content (AvgIpc) is 3.51. The van der Waals surface area contributed by atoms with Gasteiger partial charge in [-0.2, -0.15) is 5.10 Å². The molecule has 0 radical (unpaired) electrons. The van der Waals surface area contributed by atoms with E-state index in [9.17, 15) is 14.7 Å². The van der Waals surface area contributed by atoms with Crippen LogP contribution in [0.25, 0.3) is 5.82 Å². The van der Waals surface area contributed by atoms with Gasteiger partial charge in [-0.05, 0) is 56.1 Å². The van der Waals surface area contributed by atoms with Crippen LogP contribution in [0.3, 0.4) is 0 Å². The Morgan fingerprint density at radius 1 is 1.09 bits per heavy atom. The molecule has 1 fully saturated rings. The summed E-state index contributed by atoms with van der Waals surface area (Å²) >= 11 is 0. The van der Waals surface area contributed by atoms with Crippen LogP contribution in [0.2, 0.25) is 0 Å². The first-order valence-electron chi connectivity index (χ1n) is 11.1. The largest absolute Gasteiger partial charge is 0.381 e. The lowest BCUT2D eigenvalue weighted by atomic mass is 10.0. The third kappa shape index (κ3) is 5.63. The number of carbonyl (C=O) groups excluding carboxylic acids is 2. The molecule has 0 saturated carbocycles. The van der Waals surface area contributed by atoms with Crippen molar-refractivity contribution >= 4 is 11.8 Å². The number of benzene rings is 1. The molecule has 1 aromatic carbocycles. The Kier molecular flexibility index (Phi) is 7.11. The number of carbonyl (C=O) groups is 2. The van der Waals surface area contributed by atoms with Crippen molar-refractivity contribution in [3.05, 3.63) is 77.7 Å². The summed E-state index contributed by atoms with van der Waals surface area (Å²) in [7, 11) is 0. The van der Waals surface area contributed by atoms with E-state index in [0.29, 0.717) is 5.82 Å². The number of likely N-dealkylation sites (tertiary alicyclic amines) is 1. The van der Waals surface area contributed by atoms with Gasteiger partial charge in [-0.3, -0.25) is 14.5 Å². The van der Waals surface area contributed by atoms with E-state index in [1.54, 1.807) is 29.2 Å². The Balaban J connectivity index is 1.54. The summed E-state index contributed by atoms with van der Waals surface area (Å²) in [6.45, 7) is 2.88. The zero-order chi connectivity index (χ0) is 23.2. The molecule has 1 aliphatic rings. The number of hydrogen-bond acceptors (Lipinski definition) is 6. The predicted molar refractivity (Wildman–Crippen MR) is 122 cm³/mol. The Labute approximate surface area is 192 Å². The van der Waals surface area contributed by atoms with Crippen LogP contribution in [0.15, 0.2) is 60.9 Å². The number of aromatic nitrogens is 3. The van der Waals surface area contributed by atoms with Gasteiger partial charge < -0.3 is 16.2 Å². The van der Waals surface area contributed by atoms with Crippen LogP contribution < -0.4 is 11.1 Å². The van der Waals surface area contributed by atoms with E-state index in [4.69, 9.17) is 5.73 Å². The monoisotopic (exact) mass is 448 g/mol. The standard InChI is InChI=1S/C24H28N6O3/c25-22(32)21(31)20(15-17-7-2-1-3-8-17)27-24(33)19-9-6-11-26-23(19)30-14-10-18(28-30)16-29-12-4-5-13-29/h1-3,6-11,14,20-21,31H,4-5,12-13,15-16H2,(H2,25,32)(H,27,33)/t20-,21-/m0/s1. The minimum atomic E-state index is -1.54. The summed E-state index contributed by atoms with van der Waals surface area (Å²) in [5, 5.41) is 17.7. The molecule has 0 spiro atoms. The van der Waals surface area contributed by atoms with Crippen molar-refractivity contribution in [2.45, 2.75) is 38.0 Å². The van der Waals surface area contributed by atoms with E-state index < -0.39 is 24.0 Å². The summed E-state index contributed by atoms with van der Waals surface area (Å²) in [6.07, 6.45) is 4.48. The summed E-state index contributed by atoms with van der Waals surface area (Å²) in [5.74, 6) is -1.01. The Bertz CT molecular complexity index is 1090. The van der Waals surface area contributed by atoms with Crippen molar-refractivity contribution in [1.82, 2.24) is 25.0 Å². The van der Waals surface area contributed by atoms with Crippen LogP contribution in [-0.4, -0.2) is 61.8 Å². The number of nitrogens with two attached hydrogens (primary N) is 1. The van der Waals surface area contributed by atoms with E-state index in [1.165, 1.54) is 12.8 Å². The molecule has 3 aromatic rings. The predicted octanol–water partition coefficient (Wildman–Crippen LogP) is 1.05. The molecular formula is C24H28N6O3. The molecule has 0 bridgehead atoms. The number of nitrogens with one attached hydrogen (secondary N) is 1. The van der Waals surface area contributed by atoms with E-state index in [0.717, 1.165) is 30.9 Å². The Morgan fingerprint density at radius 2 is 1.85 bits per heavy atom. The van der Waals surface area contributed by atoms with Gasteiger partial charge >= 0.3 is 0 Å². The Morgan fingerprint density at radius 3 is 2.58 bits per heavy atom. The van der Waals surface area contributed by atoms with E-state index in [1.807, 2.05) is 36.4 Å². The molecule has 0 unspecified atom stereocenters. The van der Waals surface area contributed by atoms with Crippen LogP contribution in [0, 0.1) is 0 Å². The van der Waals surface area contributed by atoms with Crippen LogP contribution in [0.5, 0.6) is 0 Å². The minimum Gasteiger partial charge on any atom is -0.381 e. The third-order valence-electron chi connectivity index (χ3n) is 5.76. The summed E-state index contributed by atoms with van der Waals surface area (Å²) in [6, 6.07) is 13.6. The van der Waals surface area contributed by atoms with Gasteiger partial charge in [0, 0.05) is 18.9 Å². The maximum atomic E-state index is 13.2. The van der Waals surface area contributed by atoms with Gasteiger partial charge in [0.25, 0.3) is 5.91 Å². The molecular weight excluding hydrogens is 420 g/mol. The van der Waals surface area contributed by atoms with E-state index in [2.05, 4.69) is 20.3 Å². The molecule has 9 heteroatoms. The third-order valence-corrected chi connectivity index (χ3v) is 5.76. The molecule has 4 N–H and O–H groups in total. The number of aliphatic hydroxyl groups excluding tert-OH is 1. The minimum absolute atomic E-state index is 0.244. The van der Waals surface area contributed by atoms with Crippen LogP contribution in [-0.2, 0) is 17.8 Å². The van der Waals surface area contributed by atoms with Gasteiger partial charge in [0.1, 0.15) is 0 Å². The second-order valence-electron chi connectivity index (χ2n) is 8.23. The molecule has 172 valence electrons. The highest BCUT2D eigenvalue weighted by Gasteiger charge is 2.28. The Hall–Kier alpha value is -3.56. The van der Waals surface area contributed by atoms with Crippen molar-refractivity contribution in [1.29, 1.82) is 0 Å². The number of rotatable bonds is 9. The van der Waals surface area contributed by atoms with Crippen molar-refractivity contribution < 1.29 is 14.7 Å². The summed E-state index contributed by atoms with van der Waals surface area (Å²) in [5.41, 5.74) is 7.36. The molecule has 1 aliphatic heterocycles. The van der Waals surface area contributed by atoms with Crippen LogP contribution in [0.1, 0.15) is 34.5 Å². The van der Waals surface area contributed by atoms with Gasteiger partial charge in [-0.25, -0.2) is 9.67 Å². The molecule has 33 heavy (non-hydrogen) atoms. The molecule has 4 rings (SSSR count). The van der Waals surface area contributed by atoms with Crippen molar-refractivity contribution in [2.75, 3.05) is 13.1 Å². The van der Waals surface area contributed by atoms with Crippen molar-refractivity contribution in [3.63, 3.8) is 0 Å². The van der Waals surface area contributed by atoms with Gasteiger partial charge in [-0.15, -0.1) is 0 Å². The fourth-order valence-corrected chi connectivity index (χ4v) is 4.04. The summed E-state index contributed by atoms with van der Waals surface area (Å²) in [4.78, 5) is 31.6. The van der Waals surface area contributed by atoms with Gasteiger partial charge in [0.2, 0.25) is 5.91 Å². The van der Waals surface area contributed by atoms with Crippen LogP contribution in [0.4, 0.5) is 0 Å². The SMILES string of the molecule is NC(=O)[C@@H](O)[C@H](Cc1ccccc1)NC(=O)c1cccnc1-n1ccc(CN2CCCC2)n1. The lowest BCUT2D eigenvalue weighted by Crippen LogP contribution is -2.50. The molecule has 9 nitrogen and oxygen atoms in total. The highest BCUT2D eigenvalue weighted by molar-refractivity contribution is 5.97. The van der Waals surface area contributed by atoms with Crippen LogP contribution >= 0.6 is 0 Å². The number of pyridine rings is 1. The number of hydrogen-bond donors (Lipinski definition) is 3. The molecule has 1 saturated heterocycles. The number of primary amides is 1. The summed E-state index contributed by atoms with van der Waals surface area (Å²) < 4.78 is 1.58. The fourth-order valence-electron chi connectivity index (χ4n) is 4.04. The quantitative estimate of drug-likeness (QED) is 0.449. The first kappa shape index (κ1) is 22.6. The second-order valence-corrected chi connectivity index (χ2v) is 8.23. The van der Waals surface area contributed by atoms with Crippen molar-refractivity contribution in [3.8, 4) is 5.82 Å². The highest BCUT2D eigenvalue weighted by atomic mass is 16.3. The zero-order valence-electron chi connectivity index (χ0n) is 18.3. The van der Waals surface area contributed by atoms with E-state index in [-0.39, 0.29) is 12.0 Å². The lowest BCUT2D eigenvalue weighted by Gasteiger charge is -2.22. The molecule has 2 amide bonds. The maximum absolute atomic E-state index is 13.2.